The highest BCUT2D eigenvalue weighted by atomic mass is 16.5. The SMILES string of the molecule is COCc1ccccc1CNC(=O)C1CC1C(=O)O. The molecule has 1 amide bonds. The zero-order chi connectivity index (χ0) is 13.8. The molecule has 2 atom stereocenters. The van der Waals surface area contributed by atoms with E-state index >= 15 is 0 Å². The monoisotopic (exact) mass is 263 g/mol. The minimum absolute atomic E-state index is 0.181. The highest BCUT2D eigenvalue weighted by molar-refractivity contribution is 5.89. The van der Waals surface area contributed by atoms with E-state index < -0.39 is 11.9 Å². The molecule has 0 saturated heterocycles. The minimum Gasteiger partial charge on any atom is -0.481 e. The molecule has 1 fully saturated rings. The van der Waals surface area contributed by atoms with Gasteiger partial charge >= 0.3 is 5.97 Å². The maximum atomic E-state index is 11.8. The van der Waals surface area contributed by atoms with Gasteiger partial charge < -0.3 is 15.2 Å². The third-order valence-electron chi connectivity index (χ3n) is 3.32. The molecule has 1 aliphatic carbocycles. The number of rotatable bonds is 6. The highest BCUT2D eigenvalue weighted by Gasteiger charge is 2.48. The van der Waals surface area contributed by atoms with Gasteiger partial charge in [-0.15, -0.1) is 0 Å². The Morgan fingerprint density at radius 3 is 2.58 bits per heavy atom. The molecule has 5 nitrogen and oxygen atoms in total. The van der Waals surface area contributed by atoms with Gasteiger partial charge in [0, 0.05) is 13.7 Å². The van der Waals surface area contributed by atoms with Crippen LogP contribution in [-0.4, -0.2) is 24.1 Å². The first kappa shape index (κ1) is 13.5. The molecule has 0 aromatic heterocycles. The van der Waals surface area contributed by atoms with Crippen LogP contribution in [0, 0.1) is 11.8 Å². The summed E-state index contributed by atoms with van der Waals surface area (Å²) in [6.45, 7) is 0.897. The van der Waals surface area contributed by atoms with E-state index in [2.05, 4.69) is 5.32 Å². The van der Waals surface area contributed by atoms with Gasteiger partial charge in [-0.05, 0) is 17.5 Å². The molecule has 2 unspecified atom stereocenters. The van der Waals surface area contributed by atoms with Crippen molar-refractivity contribution in [3.05, 3.63) is 35.4 Å². The molecule has 2 rings (SSSR count). The van der Waals surface area contributed by atoms with E-state index in [9.17, 15) is 9.59 Å². The van der Waals surface area contributed by atoms with Crippen molar-refractivity contribution in [1.29, 1.82) is 0 Å². The van der Waals surface area contributed by atoms with E-state index in [1.54, 1.807) is 7.11 Å². The third kappa shape index (κ3) is 3.32. The number of carboxylic acids is 1. The van der Waals surface area contributed by atoms with Crippen LogP contribution in [0.3, 0.4) is 0 Å². The van der Waals surface area contributed by atoms with Gasteiger partial charge in [0.15, 0.2) is 0 Å². The fraction of sp³-hybridized carbons (Fsp3) is 0.429. The predicted molar refractivity (Wildman–Crippen MR) is 68.2 cm³/mol. The Labute approximate surface area is 111 Å². The van der Waals surface area contributed by atoms with Gasteiger partial charge in [-0.2, -0.15) is 0 Å². The first-order valence-electron chi connectivity index (χ1n) is 6.19. The fourth-order valence-electron chi connectivity index (χ4n) is 2.10. The first-order valence-corrected chi connectivity index (χ1v) is 6.19. The number of aliphatic carboxylic acids is 1. The molecule has 0 bridgehead atoms. The number of hydrogen-bond acceptors (Lipinski definition) is 3. The second kappa shape index (κ2) is 5.84. The van der Waals surface area contributed by atoms with E-state index in [4.69, 9.17) is 9.84 Å². The summed E-state index contributed by atoms with van der Waals surface area (Å²) in [5, 5.41) is 11.6. The predicted octanol–water partition coefficient (Wildman–Crippen LogP) is 1.17. The summed E-state index contributed by atoms with van der Waals surface area (Å²) in [5.74, 6) is -1.94. The summed E-state index contributed by atoms with van der Waals surface area (Å²) in [4.78, 5) is 22.5. The maximum Gasteiger partial charge on any atom is 0.307 e. The van der Waals surface area contributed by atoms with Crippen LogP contribution in [0.5, 0.6) is 0 Å². The van der Waals surface area contributed by atoms with E-state index in [-0.39, 0.29) is 11.8 Å². The number of carbonyl (C=O) groups excluding carboxylic acids is 1. The van der Waals surface area contributed by atoms with Crippen LogP contribution in [-0.2, 0) is 27.5 Å². The van der Waals surface area contributed by atoms with Gasteiger partial charge in [0.05, 0.1) is 18.4 Å². The summed E-state index contributed by atoms with van der Waals surface area (Å²) >= 11 is 0. The standard InChI is InChI=1S/C14H17NO4/c1-19-8-10-5-3-2-4-9(10)7-15-13(16)11-6-12(11)14(17)18/h2-5,11-12H,6-8H2,1H3,(H,15,16)(H,17,18). The maximum absolute atomic E-state index is 11.8. The topological polar surface area (TPSA) is 75.6 Å². The molecule has 0 radical (unpaired) electrons. The normalized spacial score (nSPS) is 20.9. The van der Waals surface area contributed by atoms with Crippen LogP contribution in [0.1, 0.15) is 17.5 Å². The zero-order valence-corrected chi connectivity index (χ0v) is 10.8. The van der Waals surface area contributed by atoms with Crippen molar-refractivity contribution in [3.8, 4) is 0 Å². The lowest BCUT2D eigenvalue weighted by Gasteiger charge is -2.09. The minimum atomic E-state index is -0.889. The summed E-state index contributed by atoms with van der Waals surface area (Å²) in [6.07, 6.45) is 0.445. The number of nitrogens with one attached hydrogen (secondary N) is 1. The fourth-order valence-corrected chi connectivity index (χ4v) is 2.10. The Morgan fingerprint density at radius 1 is 1.32 bits per heavy atom. The van der Waals surface area contributed by atoms with Crippen molar-refractivity contribution >= 4 is 11.9 Å². The second-order valence-electron chi connectivity index (χ2n) is 4.71. The number of amides is 1. The molecule has 19 heavy (non-hydrogen) atoms. The Kier molecular flexibility index (Phi) is 4.16. The van der Waals surface area contributed by atoms with E-state index in [0.29, 0.717) is 19.6 Å². The number of carboxylic acid groups (broad SMARTS) is 1. The molecule has 1 aliphatic rings. The lowest BCUT2D eigenvalue weighted by atomic mass is 10.1. The van der Waals surface area contributed by atoms with Gasteiger partial charge in [0.1, 0.15) is 0 Å². The first-order chi connectivity index (χ1) is 9.13. The molecule has 0 spiro atoms. The molecule has 0 heterocycles. The Hall–Kier alpha value is -1.88. The molecule has 5 heteroatoms. The highest BCUT2D eigenvalue weighted by Crippen LogP contribution is 2.38. The van der Waals surface area contributed by atoms with Crippen LogP contribution in [0.15, 0.2) is 24.3 Å². The van der Waals surface area contributed by atoms with Gasteiger partial charge in [0.25, 0.3) is 0 Å². The number of carbonyl (C=O) groups is 2. The molecule has 0 aliphatic heterocycles. The van der Waals surface area contributed by atoms with Crippen molar-refractivity contribution in [3.63, 3.8) is 0 Å². The Morgan fingerprint density at radius 2 is 2.00 bits per heavy atom. The average molecular weight is 263 g/mol. The average Bonchev–Trinajstić information content (AvgIpc) is 3.18. The summed E-state index contributed by atoms with van der Waals surface area (Å²) < 4.78 is 5.09. The van der Waals surface area contributed by atoms with E-state index in [1.807, 2.05) is 24.3 Å². The van der Waals surface area contributed by atoms with Crippen molar-refractivity contribution in [2.24, 2.45) is 11.8 Å². The lowest BCUT2D eigenvalue weighted by Crippen LogP contribution is -2.26. The smallest absolute Gasteiger partial charge is 0.307 e. The summed E-state index contributed by atoms with van der Waals surface area (Å²) in [6, 6.07) is 7.69. The molecular formula is C14H17NO4. The zero-order valence-electron chi connectivity index (χ0n) is 10.8. The third-order valence-corrected chi connectivity index (χ3v) is 3.32. The van der Waals surface area contributed by atoms with Gasteiger partial charge in [-0.25, -0.2) is 0 Å². The van der Waals surface area contributed by atoms with Crippen LogP contribution in [0.2, 0.25) is 0 Å². The van der Waals surface area contributed by atoms with Gasteiger partial charge in [0.2, 0.25) is 5.91 Å². The van der Waals surface area contributed by atoms with Crippen molar-refractivity contribution < 1.29 is 19.4 Å². The molecule has 102 valence electrons. The molecule has 2 N–H and O–H groups in total. The number of benzene rings is 1. The quantitative estimate of drug-likeness (QED) is 0.807. The van der Waals surface area contributed by atoms with Crippen molar-refractivity contribution in [2.75, 3.05) is 7.11 Å². The molecule has 1 aromatic carbocycles. The Balaban J connectivity index is 1.89. The molecular weight excluding hydrogens is 246 g/mol. The number of ether oxygens (including phenoxy) is 1. The summed E-state index contributed by atoms with van der Waals surface area (Å²) in [5.41, 5.74) is 2.01. The van der Waals surface area contributed by atoms with Crippen LogP contribution < -0.4 is 5.32 Å². The molecule has 1 saturated carbocycles. The summed E-state index contributed by atoms with van der Waals surface area (Å²) in [7, 11) is 1.62. The Bertz CT molecular complexity index is 486. The van der Waals surface area contributed by atoms with E-state index in [0.717, 1.165) is 11.1 Å². The van der Waals surface area contributed by atoms with Crippen LogP contribution in [0.25, 0.3) is 0 Å². The van der Waals surface area contributed by atoms with Gasteiger partial charge in [-0.1, -0.05) is 24.3 Å². The van der Waals surface area contributed by atoms with Crippen molar-refractivity contribution in [2.45, 2.75) is 19.6 Å². The van der Waals surface area contributed by atoms with Crippen molar-refractivity contribution in [1.82, 2.24) is 5.32 Å². The molecule has 1 aromatic rings. The number of methoxy groups -OCH3 is 1. The number of hydrogen-bond donors (Lipinski definition) is 2. The van der Waals surface area contributed by atoms with Crippen LogP contribution in [0.4, 0.5) is 0 Å². The largest absolute Gasteiger partial charge is 0.481 e. The second-order valence-corrected chi connectivity index (χ2v) is 4.71. The lowest BCUT2D eigenvalue weighted by molar-refractivity contribution is -0.140. The van der Waals surface area contributed by atoms with E-state index in [1.165, 1.54) is 0 Å². The van der Waals surface area contributed by atoms with Crippen LogP contribution >= 0.6 is 0 Å². The van der Waals surface area contributed by atoms with Gasteiger partial charge in [-0.3, -0.25) is 9.59 Å².